The van der Waals surface area contributed by atoms with Crippen LogP contribution in [0.3, 0.4) is 0 Å². The fraction of sp³-hybridized carbons (Fsp3) is 0.353. The van der Waals surface area contributed by atoms with Gasteiger partial charge in [0.2, 0.25) is 0 Å². The van der Waals surface area contributed by atoms with Crippen LogP contribution in [-0.2, 0) is 9.53 Å². The number of hydrogen-bond acceptors (Lipinski definition) is 3. The lowest BCUT2D eigenvalue weighted by Crippen LogP contribution is -2.14. The maximum absolute atomic E-state index is 12.0. The zero-order chi connectivity index (χ0) is 13.9. The first kappa shape index (κ1) is 13.0. The normalized spacial score (nSPS) is 22.4. The fourth-order valence-electron chi connectivity index (χ4n) is 2.98. The molecule has 2 aliphatic rings. The summed E-state index contributed by atoms with van der Waals surface area (Å²) < 4.78 is 5.24. The maximum Gasteiger partial charge on any atom is 0.343 e. The number of esters is 1. The van der Waals surface area contributed by atoms with Gasteiger partial charge in [-0.2, -0.15) is 0 Å². The van der Waals surface area contributed by atoms with Crippen molar-refractivity contribution in [3.05, 3.63) is 53.0 Å². The van der Waals surface area contributed by atoms with Crippen molar-refractivity contribution in [1.29, 1.82) is 0 Å². The Kier molecular flexibility index (Phi) is 3.59. The summed E-state index contributed by atoms with van der Waals surface area (Å²) in [5.74, 6) is 0.0852. The predicted octanol–water partition coefficient (Wildman–Crippen LogP) is 3.98. The summed E-state index contributed by atoms with van der Waals surface area (Å²) in [6.45, 7) is 0. The third-order valence-electron chi connectivity index (χ3n) is 4.02. The van der Waals surface area contributed by atoms with E-state index in [0.29, 0.717) is 5.57 Å². The molecule has 3 heteroatoms. The van der Waals surface area contributed by atoms with Crippen molar-refractivity contribution in [2.75, 3.05) is 0 Å². The summed E-state index contributed by atoms with van der Waals surface area (Å²) in [7, 11) is 0. The van der Waals surface area contributed by atoms with Crippen LogP contribution < -0.4 is 0 Å². The molecule has 1 fully saturated rings. The van der Waals surface area contributed by atoms with Crippen molar-refractivity contribution < 1.29 is 14.6 Å². The van der Waals surface area contributed by atoms with Crippen LogP contribution in [0.1, 0.15) is 37.7 Å². The molecule has 0 unspecified atom stereocenters. The van der Waals surface area contributed by atoms with Gasteiger partial charge in [0.15, 0.2) is 11.5 Å². The molecule has 0 aromatic heterocycles. The second-order valence-corrected chi connectivity index (χ2v) is 5.41. The Hall–Kier alpha value is -2.03. The summed E-state index contributed by atoms with van der Waals surface area (Å²) in [4.78, 5) is 12.0. The molecule has 1 N–H and O–H groups in total. The second-order valence-electron chi connectivity index (χ2n) is 5.41. The quantitative estimate of drug-likeness (QED) is 0.827. The highest BCUT2D eigenvalue weighted by atomic mass is 16.6. The summed E-state index contributed by atoms with van der Waals surface area (Å²) in [5, 5.41) is 10.3. The molecule has 3 nitrogen and oxygen atoms in total. The molecular weight excluding hydrogens is 252 g/mol. The average Bonchev–Trinajstić information content (AvgIpc) is 2.75. The van der Waals surface area contributed by atoms with Gasteiger partial charge in [-0.15, -0.1) is 0 Å². The molecule has 0 bridgehead atoms. The van der Waals surface area contributed by atoms with Crippen molar-refractivity contribution in [2.24, 2.45) is 5.92 Å². The number of hydrogen-bond donors (Lipinski definition) is 1. The van der Waals surface area contributed by atoms with Gasteiger partial charge in [-0.3, -0.25) is 0 Å². The predicted molar refractivity (Wildman–Crippen MR) is 76.7 cm³/mol. The van der Waals surface area contributed by atoms with Crippen LogP contribution in [0.15, 0.2) is 47.4 Å². The van der Waals surface area contributed by atoms with Gasteiger partial charge in [0.05, 0.1) is 5.57 Å². The smallest absolute Gasteiger partial charge is 0.343 e. The van der Waals surface area contributed by atoms with Gasteiger partial charge in [-0.05, 0) is 30.4 Å². The zero-order valence-corrected chi connectivity index (χ0v) is 11.3. The first-order valence-corrected chi connectivity index (χ1v) is 7.18. The molecule has 3 rings (SSSR count). The van der Waals surface area contributed by atoms with E-state index < -0.39 is 0 Å². The molecule has 1 aromatic rings. The molecule has 1 heterocycles. The molecule has 104 valence electrons. The van der Waals surface area contributed by atoms with E-state index in [1.807, 2.05) is 30.3 Å². The van der Waals surface area contributed by atoms with Crippen molar-refractivity contribution in [2.45, 2.75) is 32.1 Å². The van der Waals surface area contributed by atoms with E-state index in [9.17, 15) is 9.90 Å². The van der Waals surface area contributed by atoms with Crippen molar-refractivity contribution in [3.8, 4) is 0 Å². The van der Waals surface area contributed by atoms with Gasteiger partial charge in [0.25, 0.3) is 0 Å². The Morgan fingerprint density at radius 3 is 2.50 bits per heavy atom. The zero-order valence-electron chi connectivity index (χ0n) is 11.3. The molecular formula is C17H18O3. The Bertz CT molecular complexity index is 563. The van der Waals surface area contributed by atoms with E-state index in [1.165, 1.54) is 6.42 Å². The Labute approximate surface area is 118 Å². The van der Waals surface area contributed by atoms with E-state index in [4.69, 9.17) is 4.74 Å². The highest BCUT2D eigenvalue weighted by Gasteiger charge is 2.35. The van der Waals surface area contributed by atoms with Crippen LogP contribution in [-0.4, -0.2) is 11.1 Å². The van der Waals surface area contributed by atoms with Gasteiger partial charge in [-0.1, -0.05) is 49.6 Å². The first-order chi connectivity index (χ1) is 9.75. The van der Waals surface area contributed by atoms with Crippen LogP contribution in [0.5, 0.6) is 0 Å². The third-order valence-corrected chi connectivity index (χ3v) is 4.02. The molecule has 20 heavy (non-hydrogen) atoms. The average molecular weight is 270 g/mol. The Balaban J connectivity index is 1.90. The van der Waals surface area contributed by atoms with Crippen LogP contribution in [0.4, 0.5) is 0 Å². The number of carbonyl (C=O) groups excluding carboxylic acids is 1. The maximum atomic E-state index is 12.0. The molecule has 0 amide bonds. The SMILES string of the molecule is O=C1O/C(=C/c2ccccc2)C(O)=C1C1CCCCC1. The number of cyclic esters (lactones) is 1. The van der Waals surface area contributed by atoms with Crippen molar-refractivity contribution >= 4 is 12.0 Å². The number of aliphatic hydroxyl groups is 1. The molecule has 0 spiro atoms. The molecule has 1 aromatic carbocycles. The van der Waals surface area contributed by atoms with Crippen molar-refractivity contribution in [1.82, 2.24) is 0 Å². The van der Waals surface area contributed by atoms with Gasteiger partial charge in [0.1, 0.15) is 0 Å². The van der Waals surface area contributed by atoms with E-state index in [2.05, 4.69) is 0 Å². The summed E-state index contributed by atoms with van der Waals surface area (Å²) in [6, 6.07) is 9.56. The van der Waals surface area contributed by atoms with Gasteiger partial charge in [-0.25, -0.2) is 4.79 Å². The Morgan fingerprint density at radius 2 is 1.80 bits per heavy atom. The van der Waals surface area contributed by atoms with E-state index in [-0.39, 0.29) is 23.4 Å². The van der Waals surface area contributed by atoms with Gasteiger partial charge >= 0.3 is 5.97 Å². The molecule has 1 aliphatic carbocycles. The number of ether oxygens (including phenoxy) is 1. The molecule has 1 aliphatic heterocycles. The van der Waals surface area contributed by atoms with E-state index in [0.717, 1.165) is 31.2 Å². The highest BCUT2D eigenvalue weighted by molar-refractivity contribution is 5.95. The molecule has 1 saturated carbocycles. The van der Waals surface area contributed by atoms with Gasteiger partial charge in [0, 0.05) is 0 Å². The summed E-state index contributed by atoms with van der Waals surface area (Å²) in [6.07, 6.45) is 7.09. The lowest BCUT2D eigenvalue weighted by Gasteiger charge is -2.20. The van der Waals surface area contributed by atoms with Crippen molar-refractivity contribution in [3.63, 3.8) is 0 Å². The minimum absolute atomic E-state index is 0.0331. The third kappa shape index (κ3) is 2.48. The second kappa shape index (κ2) is 5.53. The molecule has 0 atom stereocenters. The minimum Gasteiger partial charge on any atom is -0.504 e. The minimum atomic E-state index is -0.378. The summed E-state index contributed by atoms with van der Waals surface area (Å²) >= 11 is 0. The van der Waals surface area contributed by atoms with Crippen LogP contribution >= 0.6 is 0 Å². The molecule has 0 saturated heterocycles. The van der Waals surface area contributed by atoms with Gasteiger partial charge < -0.3 is 9.84 Å². The van der Waals surface area contributed by atoms with E-state index in [1.54, 1.807) is 6.08 Å². The standard InChI is InChI=1S/C17H18O3/c18-16-14(11-12-7-3-1-4-8-12)20-17(19)15(16)13-9-5-2-6-10-13/h1,3-4,7-8,11,13,18H,2,5-6,9-10H2/b14-11+. The fourth-order valence-corrected chi connectivity index (χ4v) is 2.98. The lowest BCUT2D eigenvalue weighted by molar-refractivity contribution is -0.133. The topological polar surface area (TPSA) is 46.5 Å². The number of rotatable bonds is 2. The largest absolute Gasteiger partial charge is 0.504 e. The van der Waals surface area contributed by atoms with Crippen LogP contribution in [0, 0.1) is 5.92 Å². The molecule has 0 radical (unpaired) electrons. The number of aliphatic hydroxyl groups excluding tert-OH is 1. The van der Waals surface area contributed by atoms with Crippen LogP contribution in [0.25, 0.3) is 6.08 Å². The Morgan fingerprint density at radius 1 is 1.10 bits per heavy atom. The number of carbonyl (C=O) groups is 1. The monoisotopic (exact) mass is 270 g/mol. The number of benzene rings is 1. The van der Waals surface area contributed by atoms with E-state index >= 15 is 0 Å². The summed E-state index contributed by atoms with van der Waals surface area (Å²) in [5.41, 5.74) is 1.39. The van der Waals surface area contributed by atoms with Crippen LogP contribution in [0.2, 0.25) is 0 Å². The highest BCUT2D eigenvalue weighted by Crippen LogP contribution is 2.37. The lowest BCUT2D eigenvalue weighted by atomic mass is 9.83. The first-order valence-electron chi connectivity index (χ1n) is 7.18.